The Kier molecular flexibility index (Phi) is 4.64. The first kappa shape index (κ1) is 17.3. The number of benzene rings is 2. The summed E-state index contributed by atoms with van der Waals surface area (Å²) in [6.07, 6.45) is 0. The van der Waals surface area contributed by atoms with Gasteiger partial charge in [0.25, 0.3) is 11.7 Å². The number of carbonyl (C=O) groups is 2. The van der Waals surface area contributed by atoms with Crippen LogP contribution in [0.2, 0.25) is 0 Å². The lowest BCUT2D eigenvalue weighted by molar-refractivity contribution is -0.112. The fourth-order valence-electron chi connectivity index (χ4n) is 3.52. The van der Waals surface area contributed by atoms with Crippen molar-refractivity contribution in [1.29, 1.82) is 0 Å². The maximum Gasteiger partial charge on any atom is 0.296 e. The molecule has 6 heteroatoms. The van der Waals surface area contributed by atoms with Crippen LogP contribution in [0.4, 0.5) is 11.4 Å². The van der Waals surface area contributed by atoms with Crippen molar-refractivity contribution in [2.75, 3.05) is 36.5 Å². The highest BCUT2D eigenvalue weighted by molar-refractivity contribution is 6.48. The number of nitrogens with one attached hydrogen (secondary N) is 2. The number of anilines is 2. The zero-order valence-corrected chi connectivity index (χ0v) is 15.1. The Balaban J connectivity index is 1.61. The van der Waals surface area contributed by atoms with Gasteiger partial charge in [-0.15, -0.1) is 0 Å². The van der Waals surface area contributed by atoms with Crippen LogP contribution in [-0.4, -0.2) is 43.0 Å². The molecule has 4 rings (SSSR count). The Morgan fingerprint density at radius 3 is 2.56 bits per heavy atom. The molecule has 0 bridgehead atoms. The molecule has 0 saturated carbocycles. The van der Waals surface area contributed by atoms with Crippen LogP contribution >= 0.6 is 0 Å². The number of nitrogens with zero attached hydrogens (tertiary/aromatic N) is 1. The zero-order valence-electron chi connectivity index (χ0n) is 15.1. The van der Waals surface area contributed by atoms with Gasteiger partial charge in [0.2, 0.25) is 0 Å². The molecule has 2 aromatic carbocycles. The second-order valence-electron chi connectivity index (χ2n) is 6.57. The van der Waals surface area contributed by atoms with Crippen molar-refractivity contribution >= 4 is 34.0 Å². The number of aromatic amines is 1. The lowest BCUT2D eigenvalue weighted by Crippen LogP contribution is -2.37. The van der Waals surface area contributed by atoms with Crippen molar-refractivity contribution in [2.45, 2.75) is 6.92 Å². The minimum absolute atomic E-state index is 0.423. The Morgan fingerprint density at radius 1 is 1.04 bits per heavy atom. The fourth-order valence-corrected chi connectivity index (χ4v) is 3.52. The Hall–Kier alpha value is -3.12. The third kappa shape index (κ3) is 3.31. The molecule has 1 amide bonds. The lowest BCUT2D eigenvalue weighted by atomic mass is 10.1. The van der Waals surface area contributed by atoms with E-state index < -0.39 is 11.7 Å². The monoisotopic (exact) mass is 363 g/mol. The Labute approximate surface area is 157 Å². The van der Waals surface area contributed by atoms with Crippen LogP contribution in [-0.2, 0) is 9.53 Å². The third-order valence-corrected chi connectivity index (χ3v) is 4.83. The van der Waals surface area contributed by atoms with Crippen LogP contribution in [0.1, 0.15) is 16.1 Å². The first-order chi connectivity index (χ1) is 13.1. The van der Waals surface area contributed by atoms with Gasteiger partial charge in [0.05, 0.1) is 30.2 Å². The van der Waals surface area contributed by atoms with Gasteiger partial charge in [0.15, 0.2) is 0 Å². The number of ether oxygens (including phenoxy) is 1. The summed E-state index contributed by atoms with van der Waals surface area (Å²) in [5.74, 6) is -1.18. The predicted octanol–water partition coefficient (Wildman–Crippen LogP) is 3.13. The Morgan fingerprint density at radius 2 is 1.74 bits per heavy atom. The van der Waals surface area contributed by atoms with Crippen LogP contribution in [0.25, 0.3) is 10.9 Å². The molecule has 0 atom stereocenters. The van der Waals surface area contributed by atoms with E-state index in [1.165, 1.54) is 0 Å². The molecule has 1 saturated heterocycles. The zero-order chi connectivity index (χ0) is 18.8. The molecular formula is C21H21N3O3. The highest BCUT2D eigenvalue weighted by atomic mass is 16.5. The number of hydrogen-bond donors (Lipinski definition) is 2. The van der Waals surface area contributed by atoms with Gasteiger partial charge < -0.3 is 19.9 Å². The summed E-state index contributed by atoms with van der Waals surface area (Å²) < 4.78 is 5.40. The average molecular weight is 363 g/mol. The van der Waals surface area contributed by atoms with E-state index in [1.807, 2.05) is 55.5 Å². The van der Waals surface area contributed by atoms with Crippen molar-refractivity contribution in [3.05, 3.63) is 59.8 Å². The van der Waals surface area contributed by atoms with Crippen LogP contribution < -0.4 is 10.2 Å². The number of H-pyrrole nitrogens is 1. The lowest BCUT2D eigenvalue weighted by Gasteiger charge is -2.30. The van der Waals surface area contributed by atoms with Gasteiger partial charge in [-0.25, -0.2) is 0 Å². The number of morpholine rings is 1. The van der Waals surface area contributed by atoms with Crippen LogP contribution in [0.3, 0.4) is 0 Å². The summed E-state index contributed by atoms with van der Waals surface area (Å²) in [5.41, 5.74) is 3.50. The van der Waals surface area contributed by atoms with Crippen molar-refractivity contribution in [1.82, 2.24) is 4.98 Å². The number of aryl methyl sites for hydroxylation is 1. The van der Waals surface area contributed by atoms with Gasteiger partial charge in [-0.3, -0.25) is 9.59 Å². The highest BCUT2D eigenvalue weighted by Gasteiger charge is 2.24. The number of ketones is 1. The standard InChI is InChI=1S/C21H21N3O3/c1-14-19(15-6-2-3-7-16(15)22-14)20(25)21(26)23-17-8-4-5-9-18(17)24-10-12-27-13-11-24/h2-9,22H,10-13H2,1H3,(H,23,26). The second kappa shape index (κ2) is 7.25. The molecule has 0 spiro atoms. The number of fused-ring (bicyclic) bond motifs is 1. The molecule has 6 nitrogen and oxygen atoms in total. The van der Waals surface area contributed by atoms with Gasteiger partial charge in [-0.1, -0.05) is 30.3 Å². The first-order valence-electron chi connectivity index (χ1n) is 9.00. The van der Waals surface area contributed by atoms with Gasteiger partial charge in [-0.2, -0.15) is 0 Å². The van der Waals surface area contributed by atoms with Gasteiger partial charge in [0, 0.05) is 29.7 Å². The highest BCUT2D eigenvalue weighted by Crippen LogP contribution is 2.27. The number of hydrogen-bond acceptors (Lipinski definition) is 4. The summed E-state index contributed by atoms with van der Waals surface area (Å²) in [7, 11) is 0. The topological polar surface area (TPSA) is 74.4 Å². The molecule has 1 aliphatic heterocycles. The molecule has 1 aliphatic rings. The van der Waals surface area contributed by atoms with Crippen LogP contribution in [0.5, 0.6) is 0 Å². The maximum atomic E-state index is 12.9. The number of amides is 1. The predicted molar refractivity (Wildman–Crippen MR) is 105 cm³/mol. The van der Waals surface area contributed by atoms with Crippen molar-refractivity contribution in [3.8, 4) is 0 Å². The molecule has 2 N–H and O–H groups in total. The molecular weight excluding hydrogens is 342 g/mol. The Bertz CT molecular complexity index is 1000. The summed E-state index contributed by atoms with van der Waals surface area (Å²) in [5, 5.41) is 3.56. The van der Waals surface area contributed by atoms with E-state index in [9.17, 15) is 9.59 Å². The second-order valence-corrected chi connectivity index (χ2v) is 6.57. The molecule has 2 heterocycles. The minimum atomic E-state index is -0.636. The average Bonchev–Trinajstić information content (AvgIpc) is 3.04. The summed E-state index contributed by atoms with van der Waals surface area (Å²) >= 11 is 0. The molecule has 3 aromatic rings. The molecule has 138 valence electrons. The van der Waals surface area contributed by atoms with Crippen molar-refractivity contribution in [2.24, 2.45) is 0 Å². The third-order valence-electron chi connectivity index (χ3n) is 4.83. The van der Waals surface area contributed by atoms with Gasteiger partial charge in [-0.05, 0) is 25.1 Å². The van der Waals surface area contributed by atoms with E-state index in [1.54, 1.807) is 0 Å². The number of para-hydroxylation sites is 3. The summed E-state index contributed by atoms with van der Waals surface area (Å²) in [6, 6.07) is 15.0. The van der Waals surface area contributed by atoms with Gasteiger partial charge >= 0.3 is 0 Å². The SMILES string of the molecule is Cc1[nH]c2ccccc2c1C(=O)C(=O)Nc1ccccc1N1CCOCC1. The minimum Gasteiger partial charge on any atom is -0.378 e. The number of aromatic nitrogens is 1. The van der Waals surface area contributed by atoms with E-state index in [4.69, 9.17) is 4.74 Å². The first-order valence-corrected chi connectivity index (χ1v) is 9.00. The quantitative estimate of drug-likeness (QED) is 0.552. The van der Waals surface area contributed by atoms with Crippen LogP contribution in [0.15, 0.2) is 48.5 Å². The van der Waals surface area contributed by atoms with Crippen molar-refractivity contribution in [3.63, 3.8) is 0 Å². The number of carbonyl (C=O) groups excluding carboxylic acids is 2. The van der Waals surface area contributed by atoms with E-state index in [0.29, 0.717) is 30.2 Å². The van der Waals surface area contributed by atoms with E-state index in [-0.39, 0.29) is 0 Å². The van der Waals surface area contributed by atoms with Crippen molar-refractivity contribution < 1.29 is 14.3 Å². The smallest absolute Gasteiger partial charge is 0.296 e. The molecule has 0 radical (unpaired) electrons. The van der Waals surface area contributed by atoms with E-state index >= 15 is 0 Å². The maximum absolute atomic E-state index is 12.9. The van der Waals surface area contributed by atoms with Crippen LogP contribution in [0, 0.1) is 6.92 Å². The molecule has 1 fully saturated rings. The van der Waals surface area contributed by atoms with Gasteiger partial charge in [0.1, 0.15) is 0 Å². The normalized spacial score (nSPS) is 14.3. The largest absolute Gasteiger partial charge is 0.378 e. The summed E-state index contributed by atoms with van der Waals surface area (Å²) in [4.78, 5) is 30.9. The number of Topliss-reactive ketones (excluding diaryl/α,β-unsaturated/α-hetero) is 1. The summed E-state index contributed by atoms with van der Waals surface area (Å²) in [6.45, 7) is 4.61. The molecule has 0 unspecified atom stereocenters. The molecule has 0 aliphatic carbocycles. The molecule has 27 heavy (non-hydrogen) atoms. The number of rotatable bonds is 4. The van der Waals surface area contributed by atoms with E-state index in [2.05, 4.69) is 15.2 Å². The van der Waals surface area contributed by atoms with E-state index in [0.717, 1.165) is 29.7 Å². The fraction of sp³-hybridized carbons (Fsp3) is 0.238. The molecule has 1 aromatic heterocycles.